The predicted molar refractivity (Wildman–Crippen MR) is 130 cm³/mol. The first-order valence-electron chi connectivity index (χ1n) is 10.2. The highest BCUT2D eigenvalue weighted by Crippen LogP contribution is 2.32. The van der Waals surface area contributed by atoms with E-state index in [1.807, 2.05) is 19.9 Å². The normalized spacial score (nSPS) is 11.1. The van der Waals surface area contributed by atoms with Crippen LogP contribution >= 0.6 is 23.2 Å². The van der Waals surface area contributed by atoms with Crippen LogP contribution in [0, 0.1) is 24.1 Å². The number of aryl methyl sites for hydroxylation is 1. The molecule has 0 heterocycles. The highest BCUT2D eigenvalue weighted by molar-refractivity contribution is 6.32. The molecule has 0 atom stereocenters. The van der Waals surface area contributed by atoms with Gasteiger partial charge in [-0.2, -0.15) is 5.26 Å². The van der Waals surface area contributed by atoms with Gasteiger partial charge in [0.15, 0.2) is 0 Å². The number of hydrogen-bond acceptors (Lipinski definition) is 3. The summed E-state index contributed by atoms with van der Waals surface area (Å²) in [6.07, 6.45) is 1.81. The van der Waals surface area contributed by atoms with E-state index in [9.17, 15) is 14.4 Å². The third-order valence-corrected chi connectivity index (χ3v) is 5.60. The lowest BCUT2D eigenvalue weighted by molar-refractivity contribution is -0.112. The van der Waals surface area contributed by atoms with Gasteiger partial charge in [0.05, 0.1) is 6.61 Å². The highest BCUT2D eigenvalue weighted by Gasteiger charge is 2.15. The van der Waals surface area contributed by atoms with Gasteiger partial charge in [-0.05, 0) is 73.0 Å². The Bertz CT molecular complexity index is 1270. The summed E-state index contributed by atoms with van der Waals surface area (Å²) in [4.78, 5) is 12.6. The molecule has 0 saturated heterocycles. The Kier molecular flexibility index (Phi) is 8.11. The van der Waals surface area contributed by atoms with Crippen molar-refractivity contribution in [1.82, 2.24) is 0 Å². The Morgan fingerprint density at radius 3 is 2.61 bits per heavy atom. The van der Waals surface area contributed by atoms with Crippen molar-refractivity contribution in [2.24, 2.45) is 0 Å². The monoisotopic (exact) mass is 482 g/mol. The standard InChI is InChI=1S/C26H21Cl2FN2O2/c1-3-33-25-13-18(12-24(28)22(25)11-17-5-4-6-20(29)10-17)9-19(15-30)26(32)31-21-8-7-16(2)23(27)14-21/h4-10,12-14H,3,11H2,1-2H3,(H,31,32)/b19-9+. The largest absolute Gasteiger partial charge is 0.494 e. The summed E-state index contributed by atoms with van der Waals surface area (Å²) in [5.41, 5.74) is 3.22. The van der Waals surface area contributed by atoms with Crippen LogP contribution in [0.2, 0.25) is 10.0 Å². The zero-order valence-electron chi connectivity index (χ0n) is 18.1. The molecule has 1 N–H and O–H groups in total. The van der Waals surface area contributed by atoms with E-state index in [2.05, 4.69) is 5.32 Å². The summed E-state index contributed by atoms with van der Waals surface area (Å²) >= 11 is 12.6. The summed E-state index contributed by atoms with van der Waals surface area (Å²) in [5, 5.41) is 13.1. The number of carbonyl (C=O) groups excluding carboxylic acids is 1. The van der Waals surface area contributed by atoms with Crippen LogP contribution in [0.25, 0.3) is 6.08 Å². The van der Waals surface area contributed by atoms with Crippen LogP contribution in [-0.4, -0.2) is 12.5 Å². The van der Waals surface area contributed by atoms with Crippen molar-refractivity contribution in [3.63, 3.8) is 0 Å². The third kappa shape index (κ3) is 6.35. The predicted octanol–water partition coefficient (Wildman–Crippen LogP) is 6.98. The Morgan fingerprint density at radius 2 is 1.94 bits per heavy atom. The maximum atomic E-state index is 13.6. The van der Waals surface area contributed by atoms with Crippen LogP contribution in [0.5, 0.6) is 5.75 Å². The number of anilines is 1. The van der Waals surface area contributed by atoms with Gasteiger partial charge < -0.3 is 10.1 Å². The van der Waals surface area contributed by atoms with E-state index in [4.69, 9.17) is 27.9 Å². The van der Waals surface area contributed by atoms with Crippen LogP contribution in [0.15, 0.2) is 60.2 Å². The van der Waals surface area contributed by atoms with E-state index in [1.54, 1.807) is 42.5 Å². The van der Waals surface area contributed by atoms with Gasteiger partial charge >= 0.3 is 0 Å². The molecular weight excluding hydrogens is 462 g/mol. The number of amides is 1. The summed E-state index contributed by atoms with van der Waals surface area (Å²) in [6.45, 7) is 4.08. The Hall–Kier alpha value is -3.33. The quantitative estimate of drug-likeness (QED) is 0.292. The van der Waals surface area contributed by atoms with Gasteiger partial charge in [-0.1, -0.05) is 41.4 Å². The van der Waals surface area contributed by atoms with Crippen molar-refractivity contribution >= 4 is 40.9 Å². The first-order valence-corrected chi connectivity index (χ1v) is 10.9. The number of halogens is 3. The van der Waals surface area contributed by atoms with E-state index >= 15 is 0 Å². The maximum Gasteiger partial charge on any atom is 0.266 e. The molecule has 0 saturated carbocycles. The molecule has 3 rings (SSSR count). The van der Waals surface area contributed by atoms with E-state index < -0.39 is 5.91 Å². The number of carbonyl (C=O) groups is 1. The Balaban J connectivity index is 1.91. The number of hydrogen-bond donors (Lipinski definition) is 1. The molecule has 0 bridgehead atoms. The minimum Gasteiger partial charge on any atom is -0.494 e. The van der Waals surface area contributed by atoms with Crippen molar-refractivity contribution in [2.75, 3.05) is 11.9 Å². The smallest absolute Gasteiger partial charge is 0.266 e. The first kappa shape index (κ1) is 24.3. The second-order valence-electron chi connectivity index (χ2n) is 7.31. The number of nitrogens with one attached hydrogen (secondary N) is 1. The molecule has 0 fully saturated rings. The molecule has 0 spiro atoms. The first-order chi connectivity index (χ1) is 15.8. The second kappa shape index (κ2) is 11.0. The van der Waals surface area contributed by atoms with Gasteiger partial charge in [0.2, 0.25) is 0 Å². The number of ether oxygens (including phenoxy) is 1. The topological polar surface area (TPSA) is 62.1 Å². The van der Waals surface area contributed by atoms with Gasteiger partial charge in [0, 0.05) is 27.7 Å². The fourth-order valence-electron chi connectivity index (χ4n) is 3.21. The van der Waals surface area contributed by atoms with Crippen LogP contribution in [0.1, 0.15) is 29.2 Å². The lowest BCUT2D eigenvalue weighted by atomic mass is 10.0. The molecule has 0 aliphatic heterocycles. The van der Waals surface area contributed by atoms with E-state index in [0.717, 1.165) is 11.1 Å². The third-order valence-electron chi connectivity index (χ3n) is 4.85. The molecule has 1 amide bonds. The van der Waals surface area contributed by atoms with Crippen LogP contribution in [-0.2, 0) is 11.2 Å². The molecule has 7 heteroatoms. The number of nitriles is 1. The summed E-state index contributed by atoms with van der Waals surface area (Å²) < 4.78 is 19.3. The van der Waals surface area contributed by atoms with E-state index in [0.29, 0.717) is 45.6 Å². The fraction of sp³-hybridized carbons (Fsp3) is 0.154. The molecule has 3 aromatic carbocycles. The summed E-state index contributed by atoms with van der Waals surface area (Å²) in [5.74, 6) is -0.403. The van der Waals surface area contributed by atoms with E-state index in [1.165, 1.54) is 18.2 Å². The SMILES string of the molecule is CCOc1cc(/C=C(\C#N)C(=O)Nc2ccc(C)c(Cl)c2)cc(Cl)c1Cc1cccc(F)c1. The number of rotatable bonds is 7. The molecule has 0 radical (unpaired) electrons. The lowest BCUT2D eigenvalue weighted by Gasteiger charge is -2.14. The van der Waals surface area contributed by atoms with Gasteiger partial charge in [0.25, 0.3) is 5.91 Å². The number of benzene rings is 3. The molecule has 0 unspecified atom stereocenters. The Labute approximate surface area is 202 Å². The summed E-state index contributed by atoms with van der Waals surface area (Å²) in [7, 11) is 0. The molecule has 33 heavy (non-hydrogen) atoms. The molecule has 0 aromatic heterocycles. The molecule has 168 valence electrons. The second-order valence-corrected chi connectivity index (χ2v) is 8.12. The van der Waals surface area contributed by atoms with Crippen molar-refractivity contribution in [2.45, 2.75) is 20.3 Å². The van der Waals surface area contributed by atoms with Gasteiger partial charge in [-0.15, -0.1) is 0 Å². The fourth-order valence-corrected chi connectivity index (χ4v) is 3.67. The maximum absolute atomic E-state index is 13.6. The van der Waals surface area contributed by atoms with Crippen molar-refractivity contribution in [1.29, 1.82) is 5.26 Å². The minimum atomic E-state index is -0.574. The molecule has 0 aliphatic carbocycles. The van der Waals surface area contributed by atoms with Gasteiger partial charge in [-0.3, -0.25) is 4.79 Å². The molecule has 3 aromatic rings. The highest BCUT2D eigenvalue weighted by atomic mass is 35.5. The van der Waals surface area contributed by atoms with Gasteiger partial charge in [-0.25, -0.2) is 4.39 Å². The average Bonchev–Trinajstić information content (AvgIpc) is 2.77. The average molecular weight is 483 g/mol. The molecule has 4 nitrogen and oxygen atoms in total. The zero-order valence-corrected chi connectivity index (χ0v) is 19.6. The zero-order chi connectivity index (χ0) is 24.0. The van der Waals surface area contributed by atoms with Crippen LogP contribution in [0.3, 0.4) is 0 Å². The van der Waals surface area contributed by atoms with Crippen LogP contribution < -0.4 is 10.1 Å². The summed E-state index contributed by atoms with van der Waals surface area (Å²) in [6, 6.07) is 16.6. The minimum absolute atomic E-state index is 0.108. The van der Waals surface area contributed by atoms with Crippen molar-refractivity contribution in [3.05, 3.63) is 98.3 Å². The Morgan fingerprint density at radius 1 is 1.15 bits per heavy atom. The van der Waals surface area contributed by atoms with Gasteiger partial charge in [0.1, 0.15) is 23.2 Å². The van der Waals surface area contributed by atoms with E-state index in [-0.39, 0.29) is 11.4 Å². The van der Waals surface area contributed by atoms with Crippen LogP contribution in [0.4, 0.5) is 10.1 Å². The van der Waals surface area contributed by atoms with Crippen molar-refractivity contribution < 1.29 is 13.9 Å². The number of nitrogens with zero attached hydrogens (tertiary/aromatic N) is 1. The lowest BCUT2D eigenvalue weighted by Crippen LogP contribution is -2.13. The molecular formula is C26H21Cl2FN2O2. The molecule has 0 aliphatic rings. The van der Waals surface area contributed by atoms with Crippen molar-refractivity contribution in [3.8, 4) is 11.8 Å².